The fraction of sp³-hybridized carbons (Fsp3) is 0.353. The predicted octanol–water partition coefficient (Wildman–Crippen LogP) is 6.33. The minimum atomic E-state index is -3.97. The van der Waals surface area contributed by atoms with Gasteiger partial charge in [-0.3, -0.25) is 9.62 Å². The minimum Gasteiger partial charge on any atom is -0.493 e. The highest BCUT2D eigenvalue weighted by atomic mass is 32.2. The van der Waals surface area contributed by atoms with E-state index in [1.807, 2.05) is 36.7 Å². The molecule has 3 aromatic carbocycles. The van der Waals surface area contributed by atoms with E-state index in [9.17, 15) is 12.8 Å². The first-order chi connectivity index (χ1) is 20.6. The highest BCUT2D eigenvalue weighted by Gasteiger charge is 2.22. The summed E-state index contributed by atoms with van der Waals surface area (Å²) in [6, 6.07) is 19.4. The fourth-order valence-electron chi connectivity index (χ4n) is 5.09. The second kappa shape index (κ2) is 13.2. The molecular weight excluding hydrogens is 563 g/mol. The molecule has 1 aromatic heterocycles. The summed E-state index contributed by atoms with van der Waals surface area (Å²) in [6.45, 7) is 9.16. The summed E-state index contributed by atoms with van der Waals surface area (Å²) in [5, 5.41) is 0. The van der Waals surface area contributed by atoms with Crippen LogP contribution in [0.1, 0.15) is 55.3 Å². The summed E-state index contributed by atoms with van der Waals surface area (Å²) < 4.78 is 49.2. The van der Waals surface area contributed by atoms with Gasteiger partial charge in [0.15, 0.2) is 5.82 Å². The molecule has 7 nitrogen and oxygen atoms in total. The number of aryl methyl sites for hydroxylation is 1. The standard InChI is InChI=1S/C34H39FN4O3S/c1-34(2,3)33-36-22-26(23-37-33)15-17-39-18-16-27-20-30(13-11-28(27)24-39)43(40,41)38-32-14-12-29(21-31(32)35)42-19-7-10-25-8-5-4-6-9-25/h4-6,8-9,11-14,20-23,38H,7,10,15-19,24H2,1-3H3. The Morgan fingerprint density at radius 3 is 2.42 bits per heavy atom. The zero-order valence-electron chi connectivity index (χ0n) is 25.0. The van der Waals surface area contributed by atoms with E-state index in [1.165, 1.54) is 17.7 Å². The second-order valence-corrected chi connectivity index (χ2v) is 13.7. The number of benzene rings is 3. The van der Waals surface area contributed by atoms with Crippen molar-refractivity contribution >= 4 is 15.7 Å². The number of hydrogen-bond donors (Lipinski definition) is 1. The number of nitrogens with one attached hydrogen (secondary N) is 1. The smallest absolute Gasteiger partial charge is 0.261 e. The quantitative estimate of drug-likeness (QED) is 0.202. The van der Waals surface area contributed by atoms with Crippen molar-refractivity contribution in [1.82, 2.24) is 14.9 Å². The Bertz CT molecular complexity index is 1640. The first-order valence-corrected chi connectivity index (χ1v) is 16.2. The van der Waals surface area contributed by atoms with Crippen molar-refractivity contribution in [2.24, 2.45) is 0 Å². The first-order valence-electron chi connectivity index (χ1n) is 14.7. The Balaban J connectivity index is 1.14. The van der Waals surface area contributed by atoms with Gasteiger partial charge in [0.1, 0.15) is 11.6 Å². The van der Waals surface area contributed by atoms with Crippen LogP contribution in [0.5, 0.6) is 5.75 Å². The topological polar surface area (TPSA) is 84.4 Å². The van der Waals surface area contributed by atoms with Crippen molar-refractivity contribution in [2.45, 2.75) is 63.3 Å². The van der Waals surface area contributed by atoms with Crippen molar-refractivity contribution in [3.8, 4) is 5.75 Å². The molecule has 0 bridgehead atoms. The molecule has 1 aliphatic heterocycles. The molecule has 0 amide bonds. The van der Waals surface area contributed by atoms with Crippen molar-refractivity contribution in [3.05, 3.63) is 113 Å². The molecule has 43 heavy (non-hydrogen) atoms. The van der Waals surface area contributed by atoms with Crippen LogP contribution in [0.25, 0.3) is 0 Å². The number of anilines is 1. The molecule has 0 radical (unpaired) electrons. The molecule has 0 fully saturated rings. The van der Waals surface area contributed by atoms with E-state index in [0.29, 0.717) is 12.4 Å². The predicted molar refractivity (Wildman–Crippen MR) is 167 cm³/mol. The lowest BCUT2D eigenvalue weighted by Crippen LogP contribution is -2.32. The van der Waals surface area contributed by atoms with Gasteiger partial charge in [0.05, 0.1) is 17.2 Å². The number of hydrogen-bond acceptors (Lipinski definition) is 6. The minimum absolute atomic E-state index is 0.0759. The molecule has 1 aliphatic rings. The first kappa shape index (κ1) is 30.6. The van der Waals surface area contributed by atoms with Gasteiger partial charge in [0, 0.05) is 43.5 Å². The molecule has 0 spiro atoms. The van der Waals surface area contributed by atoms with Gasteiger partial charge in [-0.05, 0) is 72.2 Å². The molecule has 0 saturated carbocycles. The number of nitrogens with zero attached hydrogens (tertiary/aromatic N) is 3. The molecule has 1 N–H and O–H groups in total. The third-order valence-electron chi connectivity index (χ3n) is 7.58. The van der Waals surface area contributed by atoms with Gasteiger partial charge >= 0.3 is 0 Å². The average molecular weight is 603 g/mol. The number of fused-ring (bicyclic) bond motifs is 1. The summed E-state index contributed by atoms with van der Waals surface area (Å²) in [5.41, 5.74) is 4.23. The van der Waals surface area contributed by atoms with Crippen LogP contribution < -0.4 is 9.46 Å². The number of rotatable bonds is 11. The van der Waals surface area contributed by atoms with Gasteiger partial charge in [-0.1, -0.05) is 57.2 Å². The molecule has 9 heteroatoms. The fourth-order valence-corrected chi connectivity index (χ4v) is 6.20. The Morgan fingerprint density at radius 1 is 0.930 bits per heavy atom. The molecule has 0 atom stereocenters. The Morgan fingerprint density at radius 2 is 1.70 bits per heavy atom. The van der Waals surface area contributed by atoms with Crippen molar-refractivity contribution in [3.63, 3.8) is 0 Å². The zero-order chi connectivity index (χ0) is 30.5. The summed E-state index contributed by atoms with van der Waals surface area (Å²) in [4.78, 5) is 11.5. The van der Waals surface area contributed by atoms with Crippen LogP contribution in [0, 0.1) is 5.82 Å². The molecule has 0 unspecified atom stereocenters. The van der Waals surface area contributed by atoms with Crippen LogP contribution in [0.3, 0.4) is 0 Å². The van der Waals surface area contributed by atoms with Crippen LogP contribution >= 0.6 is 0 Å². The van der Waals surface area contributed by atoms with E-state index in [-0.39, 0.29) is 16.0 Å². The van der Waals surface area contributed by atoms with E-state index >= 15 is 0 Å². The van der Waals surface area contributed by atoms with Gasteiger partial charge in [-0.25, -0.2) is 22.8 Å². The van der Waals surface area contributed by atoms with Crippen LogP contribution in [0.15, 0.2) is 84.0 Å². The van der Waals surface area contributed by atoms with Crippen LogP contribution in [-0.4, -0.2) is 43.0 Å². The van der Waals surface area contributed by atoms with Crippen molar-refractivity contribution in [2.75, 3.05) is 24.4 Å². The Hall–Kier alpha value is -3.82. The molecule has 0 aliphatic carbocycles. The number of sulfonamides is 1. The van der Waals surface area contributed by atoms with Crippen molar-refractivity contribution in [1.29, 1.82) is 0 Å². The largest absolute Gasteiger partial charge is 0.493 e. The highest BCUT2D eigenvalue weighted by molar-refractivity contribution is 7.92. The Labute approximate surface area is 254 Å². The molecule has 0 saturated heterocycles. The van der Waals surface area contributed by atoms with Crippen LogP contribution in [0.4, 0.5) is 10.1 Å². The van der Waals surface area contributed by atoms with Crippen LogP contribution in [0.2, 0.25) is 0 Å². The van der Waals surface area contributed by atoms with Gasteiger partial charge in [-0.15, -0.1) is 0 Å². The molecule has 2 heterocycles. The second-order valence-electron chi connectivity index (χ2n) is 12.1. The zero-order valence-corrected chi connectivity index (χ0v) is 25.8. The molecule has 4 aromatic rings. The van der Waals surface area contributed by atoms with Crippen LogP contribution in [-0.2, 0) is 41.2 Å². The summed E-state index contributed by atoms with van der Waals surface area (Å²) >= 11 is 0. The monoisotopic (exact) mass is 602 g/mol. The van der Waals surface area contributed by atoms with E-state index in [4.69, 9.17) is 4.74 Å². The normalized spacial score (nSPS) is 13.9. The summed E-state index contributed by atoms with van der Waals surface area (Å²) in [5.74, 6) is 0.514. The van der Waals surface area contributed by atoms with E-state index < -0.39 is 15.8 Å². The number of halogens is 1. The summed E-state index contributed by atoms with van der Waals surface area (Å²) in [6.07, 6.45) is 7.05. The maximum Gasteiger partial charge on any atom is 0.261 e. The van der Waals surface area contributed by atoms with E-state index in [1.54, 1.807) is 18.2 Å². The lowest BCUT2D eigenvalue weighted by Gasteiger charge is -2.29. The molecular formula is C34H39FN4O3S. The van der Waals surface area contributed by atoms with Gasteiger partial charge in [-0.2, -0.15) is 0 Å². The third kappa shape index (κ3) is 8.18. The van der Waals surface area contributed by atoms with Gasteiger partial charge in [0.25, 0.3) is 10.0 Å². The van der Waals surface area contributed by atoms with Gasteiger partial charge in [0.2, 0.25) is 0 Å². The lowest BCUT2D eigenvalue weighted by molar-refractivity contribution is 0.257. The maximum absolute atomic E-state index is 14.8. The lowest BCUT2D eigenvalue weighted by atomic mass is 9.95. The van der Waals surface area contributed by atoms with E-state index in [0.717, 1.165) is 67.8 Å². The highest BCUT2D eigenvalue weighted by Crippen LogP contribution is 2.27. The Kier molecular flexibility index (Phi) is 9.42. The summed E-state index contributed by atoms with van der Waals surface area (Å²) in [7, 11) is -3.97. The average Bonchev–Trinajstić information content (AvgIpc) is 2.99. The van der Waals surface area contributed by atoms with E-state index in [2.05, 4.69) is 52.5 Å². The van der Waals surface area contributed by atoms with Crippen molar-refractivity contribution < 1.29 is 17.5 Å². The molecule has 5 rings (SSSR count). The molecule has 226 valence electrons. The SMILES string of the molecule is CC(C)(C)c1ncc(CCN2CCc3cc(S(=O)(=O)Nc4ccc(OCCCc5ccccc5)cc4F)ccc3C2)cn1. The van der Waals surface area contributed by atoms with Gasteiger partial charge < -0.3 is 4.74 Å². The maximum atomic E-state index is 14.8. The number of aromatic nitrogens is 2. The number of ether oxygens (including phenoxy) is 1. The third-order valence-corrected chi connectivity index (χ3v) is 8.94.